The van der Waals surface area contributed by atoms with Crippen LogP contribution in [0.25, 0.3) is 0 Å². The average molecular weight is 405 g/mol. The Hall–Kier alpha value is -3.39. The number of non-ortho nitro benzene ring substituents is 1. The molecule has 3 aliphatic rings. The maximum Gasteiger partial charge on any atom is 0.271 e. The summed E-state index contributed by atoms with van der Waals surface area (Å²) >= 11 is 0. The number of nitrogens with zero attached hydrogens (tertiary/aromatic N) is 3. The van der Waals surface area contributed by atoms with Gasteiger partial charge in [-0.05, 0) is 25.5 Å². The molecule has 0 spiro atoms. The quantitative estimate of drug-likeness (QED) is 0.335. The van der Waals surface area contributed by atoms with E-state index in [1.165, 1.54) is 24.3 Å². The van der Waals surface area contributed by atoms with Crippen LogP contribution in [-0.2, 0) is 9.59 Å². The molecule has 5 rings (SSSR count). The number of ketones is 1. The molecule has 30 heavy (non-hydrogen) atoms. The van der Waals surface area contributed by atoms with Crippen LogP contribution in [0, 0.1) is 22.0 Å². The summed E-state index contributed by atoms with van der Waals surface area (Å²) in [5.74, 6) is -2.34. The average Bonchev–Trinajstić information content (AvgIpc) is 3.40. The number of hydrogen-bond donors (Lipinski definition) is 0. The first-order chi connectivity index (χ1) is 14.5. The van der Waals surface area contributed by atoms with Gasteiger partial charge in [-0.3, -0.25) is 29.4 Å². The fourth-order valence-corrected chi connectivity index (χ4v) is 5.29. The zero-order valence-electron chi connectivity index (χ0n) is 16.0. The predicted molar refractivity (Wildman–Crippen MR) is 107 cm³/mol. The van der Waals surface area contributed by atoms with E-state index in [0.717, 1.165) is 17.7 Å². The molecule has 152 valence electrons. The Morgan fingerprint density at radius 2 is 1.73 bits per heavy atom. The van der Waals surface area contributed by atoms with Crippen LogP contribution in [0.1, 0.15) is 23.2 Å². The van der Waals surface area contributed by atoms with Crippen molar-refractivity contribution in [3.05, 3.63) is 70.3 Å². The lowest BCUT2D eigenvalue weighted by Crippen LogP contribution is -2.46. The molecule has 3 heterocycles. The van der Waals surface area contributed by atoms with Gasteiger partial charge in [0.05, 0.1) is 28.5 Å². The van der Waals surface area contributed by atoms with Crippen molar-refractivity contribution in [2.45, 2.75) is 24.9 Å². The first kappa shape index (κ1) is 18.6. The number of amides is 2. The maximum absolute atomic E-state index is 13.4. The topological polar surface area (TPSA) is 101 Å². The van der Waals surface area contributed by atoms with E-state index < -0.39 is 28.7 Å². The van der Waals surface area contributed by atoms with Crippen LogP contribution in [0.3, 0.4) is 0 Å². The highest BCUT2D eigenvalue weighted by molar-refractivity contribution is 6.24. The number of Topliss-reactive ketones (excluding diaryl/α,β-unsaturated/α-hetero) is 1. The molecule has 4 atom stereocenters. The van der Waals surface area contributed by atoms with Gasteiger partial charge in [-0.2, -0.15) is 0 Å². The van der Waals surface area contributed by atoms with Gasteiger partial charge < -0.3 is 0 Å². The molecule has 2 aromatic rings. The molecule has 0 aliphatic carbocycles. The van der Waals surface area contributed by atoms with E-state index in [1.807, 2.05) is 11.0 Å². The molecule has 4 unspecified atom stereocenters. The molecule has 8 heteroatoms. The molecule has 0 saturated carbocycles. The van der Waals surface area contributed by atoms with Gasteiger partial charge in [0.15, 0.2) is 5.78 Å². The zero-order valence-corrected chi connectivity index (χ0v) is 16.0. The summed E-state index contributed by atoms with van der Waals surface area (Å²) in [7, 11) is 0. The molecule has 0 bridgehead atoms. The molecule has 0 N–H and O–H groups in total. The van der Waals surface area contributed by atoms with Gasteiger partial charge in [0.1, 0.15) is 0 Å². The number of carbonyl (C=O) groups is 3. The summed E-state index contributed by atoms with van der Waals surface area (Å²) in [6, 6.07) is 13.5. The SMILES string of the molecule is O=C(c1ccccc1)C1C2C(=O)N(c3cccc([N+](=O)[O-])c3)C(=O)C2C2CCCN21. The van der Waals surface area contributed by atoms with Crippen LogP contribution < -0.4 is 4.90 Å². The Morgan fingerprint density at radius 1 is 1.00 bits per heavy atom. The number of fused-ring (bicyclic) bond motifs is 3. The monoisotopic (exact) mass is 405 g/mol. The third-order valence-corrected chi connectivity index (χ3v) is 6.48. The summed E-state index contributed by atoms with van der Waals surface area (Å²) in [6.45, 7) is 0.679. The van der Waals surface area contributed by atoms with Crippen LogP contribution in [0.2, 0.25) is 0 Å². The number of nitro groups is 1. The van der Waals surface area contributed by atoms with Gasteiger partial charge in [0.25, 0.3) is 5.69 Å². The van der Waals surface area contributed by atoms with E-state index in [0.29, 0.717) is 12.1 Å². The summed E-state index contributed by atoms with van der Waals surface area (Å²) in [5, 5.41) is 11.1. The molecule has 0 radical (unpaired) electrons. The van der Waals surface area contributed by atoms with E-state index >= 15 is 0 Å². The van der Waals surface area contributed by atoms with Crippen molar-refractivity contribution in [1.29, 1.82) is 0 Å². The summed E-state index contributed by atoms with van der Waals surface area (Å²) in [4.78, 5) is 53.7. The second-order valence-corrected chi connectivity index (χ2v) is 7.96. The van der Waals surface area contributed by atoms with Gasteiger partial charge in [-0.25, -0.2) is 4.90 Å². The molecule has 8 nitrogen and oxygen atoms in total. The zero-order chi connectivity index (χ0) is 21.0. The van der Waals surface area contributed by atoms with Crippen molar-refractivity contribution in [3.63, 3.8) is 0 Å². The highest BCUT2D eigenvalue weighted by atomic mass is 16.6. The van der Waals surface area contributed by atoms with Crippen molar-refractivity contribution < 1.29 is 19.3 Å². The van der Waals surface area contributed by atoms with Crippen molar-refractivity contribution in [3.8, 4) is 0 Å². The van der Waals surface area contributed by atoms with Gasteiger partial charge in [0, 0.05) is 23.7 Å². The number of nitro benzene ring substituents is 1. The number of rotatable bonds is 4. The lowest BCUT2D eigenvalue weighted by Gasteiger charge is -2.27. The molecular formula is C22H19N3O5. The van der Waals surface area contributed by atoms with Crippen molar-refractivity contribution in [2.75, 3.05) is 11.4 Å². The highest BCUT2D eigenvalue weighted by Gasteiger charge is 2.64. The second kappa shape index (κ2) is 6.84. The summed E-state index contributed by atoms with van der Waals surface area (Å²) < 4.78 is 0. The highest BCUT2D eigenvalue weighted by Crippen LogP contribution is 2.48. The molecular weight excluding hydrogens is 386 g/mol. The second-order valence-electron chi connectivity index (χ2n) is 7.96. The minimum Gasteiger partial charge on any atom is -0.292 e. The molecule has 3 fully saturated rings. The lowest BCUT2D eigenvalue weighted by molar-refractivity contribution is -0.384. The molecule has 2 aromatic carbocycles. The fraction of sp³-hybridized carbons (Fsp3) is 0.318. The maximum atomic E-state index is 13.4. The molecule has 3 aliphatic heterocycles. The standard InChI is InChI=1S/C22H19N3O5/c26-20(13-6-2-1-3-7-13)19-18-17(16-10-5-11-23(16)19)21(27)24(22(18)28)14-8-4-9-15(12-14)25(29)30/h1-4,6-9,12,16-19H,5,10-11H2. The number of anilines is 1. The Labute approximate surface area is 172 Å². The Morgan fingerprint density at radius 3 is 2.47 bits per heavy atom. The smallest absolute Gasteiger partial charge is 0.271 e. The number of hydrogen-bond acceptors (Lipinski definition) is 6. The Kier molecular flexibility index (Phi) is 4.25. The molecule has 3 saturated heterocycles. The van der Waals surface area contributed by atoms with Crippen molar-refractivity contribution in [2.24, 2.45) is 11.8 Å². The van der Waals surface area contributed by atoms with E-state index in [1.54, 1.807) is 24.3 Å². The number of benzene rings is 2. The minimum absolute atomic E-state index is 0.156. The van der Waals surface area contributed by atoms with E-state index in [4.69, 9.17) is 0 Å². The van der Waals surface area contributed by atoms with Gasteiger partial charge in [-0.15, -0.1) is 0 Å². The predicted octanol–water partition coefficient (Wildman–Crippen LogP) is 2.43. The normalized spacial score (nSPS) is 27.9. The first-order valence-electron chi connectivity index (χ1n) is 9.96. The van der Waals surface area contributed by atoms with E-state index in [9.17, 15) is 24.5 Å². The largest absolute Gasteiger partial charge is 0.292 e. The van der Waals surface area contributed by atoms with Gasteiger partial charge >= 0.3 is 0 Å². The third-order valence-electron chi connectivity index (χ3n) is 6.48. The third kappa shape index (κ3) is 2.60. The summed E-state index contributed by atoms with van der Waals surface area (Å²) in [6.07, 6.45) is 1.62. The van der Waals surface area contributed by atoms with Crippen LogP contribution in [0.5, 0.6) is 0 Å². The van der Waals surface area contributed by atoms with Gasteiger partial charge in [0.2, 0.25) is 11.8 Å². The van der Waals surface area contributed by atoms with Crippen LogP contribution in [0.15, 0.2) is 54.6 Å². The molecule has 2 amide bonds. The van der Waals surface area contributed by atoms with Crippen LogP contribution in [0.4, 0.5) is 11.4 Å². The Bertz CT molecular complexity index is 1070. The van der Waals surface area contributed by atoms with Crippen molar-refractivity contribution in [1.82, 2.24) is 4.90 Å². The van der Waals surface area contributed by atoms with Crippen molar-refractivity contribution >= 4 is 29.0 Å². The van der Waals surface area contributed by atoms with Crippen LogP contribution >= 0.6 is 0 Å². The Balaban J connectivity index is 1.55. The van der Waals surface area contributed by atoms with Crippen LogP contribution in [-0.4, -0.2) is 46.0 Å². The lowest BCUT2D eigenvalue weighted by atomic mass is 9.85. The molecule has 0 aromatic heterocycles. The first-order valence-corrected chi connectivity index (χ1v) is 9.96. The van der Waals surface area contributed by atoms with E-state index in [-0.39, 0.29) is 29.1 Å². The van der Waals surface area contributed by atoms with Gasteiger partial charge in [-0.1, -0.05) is 36.4 Å². The number of imide groups is 1. The minimum atomic E-state index is -0.769. The fourth-order valence-electron chi connectivity index (χ4n) is 5.29. The van der Waals surface area contributed by atoms with E-state index in [2.05, 4.69) is 0 Å². The summed E-state index contributed by atoms with van der Waals surface area (Å²) in [5.41, 5.74) is 0.511. The number of carbonyl (C=O) groups excluding carboxylic acids is 3.